The van der Waals surface area contributed by atoms with Crippen LogP contribution in [0.4, 0.5) is 0 Å². The second kappa shape index (κ2) is 3.69. The zero-order chi connectivity index (χ0) is 10.9. The highest BCUT2D eigenvalue weighted by Crippen LogP contribution is 2.39. The summed E-state index contributed by atoms with van der Waals surface area (Å²) in [5.41, 5.74) is 4.52. The molecular weight excluding hydrogens is 180 g/mol. The first kappa shape index (κ1) is 10.2. The van der Waals surface area contributed by atoms with Crippen molar-refractivity contribution in [3.63, 3.8) is 0 Å². The highest BCUT2D eigenvalue weighted by molar-refractivity contribution is 5.43. The zero-order valence-corrected chi connectivity index (χ0v) is 9.75. The molecule has 0 saturated carbocycles. The number of rotatable bonds is 1. The number of allylic oxidation sites excluding steroid dienone is 4. The van der Waals surface area contributed by atoms with Crippen LogP contribution in [0.3, 0.4) is 0 Å². The van der Waals surface area contributed by atoms with Gasteiger partial charge in [0, 0.05) is 5.41 Å². The number of hydrogen-bond acceptors (Lipinski definition) is 0. The normalized spacial score (nSPS) is 25.8. The third-order valence-corrected chi connectivity index (χ3v) is 3.72. The van der Waals surface area contributed by atoms with Crippen LogP contribution in [-0.4, -0.2) is 0 Å². The van der Waals surface area contributed by atoms with Gasteiger partial charge in [0.1, 0.15) is 0 Å². The molecule has 0 saturated heterocycles. The Morgan fingerprint density at radius 3 is 2.40 bits per heavy atom. The van der Waals surface area contributed by atoms with Gasteiger partial charge >= 0.3 is 0 Å². The summed E-state index contributed by atoms with van der Waals surface area (Å²) in [7, 11) is 0. The second-order valence-corrected chi connectivity index (χ2v) is 4.61. The van der Waals surface area contributed by atoms with Gasteiger partial charge in [0.15, 0.2) is 0 Å². The molecule has 0 heterocycles. The smallest absolute Gasteiger partial charge is 0.0171 e. The van der Waals surface area contributed by atoms with Crippen molar-refractivity contribution in [3.05, 3.63) is 59.2 Å². The zero-order valence-electron chi connectivity index (χ0n) is 9.75. The quantitative estimate of drug-likeness (QED) is 0.633. The molecule has 0 spiro atoms. The molecule has 1 unspecified atom stereocenters. The highest BCUT2D eigenvalue weighted by atomic mass is 14.3. The topological polar surface area (TPSA) is 0 Å². The molecule has 1 atom stereocenters. The molecule has 78 valence electrons. The van der Waals surface area contributed by atoms with Crippen LogP contribution in [0.2, 0.25) is 0 Å². The third kappa shape index (κ3) is 1.65. The minimum absolute atomic E-state index is 0.195. The Morgan fingerprint density at radius 2 is 1.73 bits per heavy atom. The van der Waals surface area contributed by atoms with Crippen molar-refractivity contribution in [2.75, 3.05) is 0 Å². The Balaban J connectivity index is 2.49. The fourth-order valence-electron chi connectivity index (χ4n) is 2.33. The van der Waals surface area contributed by atoms with Gasteiger partial charge in [0.25, 0.3) is 0 Å². The van der Waals surface area contributed by atoms with Crippen LogP contribution in [0.25, 0.3) is 0 Å². The average Bonchev–Trinajstić information content (AvgIpc) is 2.27. The van der Waals surface area contributed by atoms with Crippen molar-refractivity contribution in [3.8, 4) is 0 Å². The summed E-state index contributed by atoms with van der Waals surface area (Å²) in [4.78, 5) is 0. The minimum atomic E-state index is 0.195. The van der Waals surface area contributed by atoms with Gasteiger partial charge in [-0.3, -0.25) is 0 Å². The van der Waals surface area contributed by atoms with Gasteiger partial charge < -0.3 is 0 Å². The SMILES string of the molecule is CC1=C(C)C(C)(c2ccccc2)CC=C1. The molecule has 0 aromatic heterocycles. The van der Waals surface area contributed by atoms with Crippen molar-refractivity contribution in [2.45, 2.75) is 32.6 Å². The molecule has 0 aliphatic heterocycles. The molecule has 0 radical (unpaired) electrons. The van der Waals surface area contributed by atoms with Crippen LogP contribution in [0.15, 0.2) is 53.6 Å². The van der Waals surface area contributed by atoms with Crippen LogP contribution < -0.4 is 0 Å². The molecule has 0 fully saturated rings. The predicted octanol–water partition coefficient (Wildman–Crippen LogP) is 4.24. The fourth-order valence-corrected chi connectivity index (χ4v) is 2.33. The van der Waals surface area contributed by atoms with Crippen molar-refractivity contribution in [2.24, 2.45) is 0 Å². The summed E-state index contributed by atoms with van der Waals surface area (Å²) in [5, 5.41) is 0. The number of benzene rings is 1. The Hall–Kier alpha value is -1.30. The minimum Gasteiger partial charge on any atom is -0.0831 e. The summed E-state index contributed by atoms with van der Waals surface area (Å²) in [6.07, 6.45) is 5.63. The van der Waals surface area contributed by atoms with Gasteiger partial charge in [-0.05, 0) is 25.8 Å². The molecule has 1 aromatic carbocycles. The maximum absolute atomic E-state index is 2.34. The molecule has 0 heteroatoms. The first-order valence-electron chi connectivity index (χ1n) is 5.54. The second-order valence-electron chi connectivity index (χ2n) is 4.61. The monoisotopic (exact) mass is 198 g/mol. The lowest BCUT2D eigenvalue weighted by molar-refractivity contribution is 0.554. The molecule has 0 nitrogen and oxygen atoms in total. The lowest BCUT2D eigenvalue weighted by Gasteiger charge is -2.34. The molecule has 0 N–H and O–H groups in total. The van der Waals surface area contributed by atoms with Gasteiger partial charge in [-0.15, -0.1) is 0 Å². The van der Waals surface area contributed by atoms with Gasteiger partial charge in [-0.1, -0.05) is 60.6 Å². The van der Waals surface area contributed by atoms with Gasteiger partial charge in [0.05, 0.1) is 0 Å². The summed E-state index contributed by atoms with van der Waals surface area (Å²) in [6, 6.07) is 10.8. The van der Waals surface area contributed by atoms with Gasteiger partial charge in [-0.2, -0.15) is 0 Å². The van der Waals surface area contributed by atoms with Crippen LogP contribution in [0.5, 0.6) is 0 Å². The molecule has 15 heavy (non-hydrogen) atoms. The summed E-state index contributed by atoms with van der Waals surface area (Å²) >= 11 is 0. The van der Waals surface area contributed by atoms with Gasteiger partial charge in [0.2, 0.25) is 0 Å². The van der Waals surface area contributed by atoms with Crippen molar-refractivity contribution < 1.29 is 0 Å². The first-order valence-corrected chi connectivity index (χ1v) is 5.54. The van der Waals surface area contributed by atoms with E-state index in [0.29, 0.717) is 0 Å². The lowest BCUT2D eigenvalue weighted by Crippen LogP contribution is -2.25. The maximum atomic E-state index is 2.34. The van der Waals surface area contributed by atoms with E-state index in [1.807, 2.05) is 0 Å². The van der Waals surface area contributed by atoms with E-state index >= 15 is 0 Å². The molecule has 1 aliphatic carbocycles. The molecule has 2 rings (SSSR count). The standard InChI is InChI=1S/C15H18/c1-12-8-7-11-15(3,13(12)2)14-9-5-4-6-10-14/h4-10H,11H2,1-3H3. The highest BCUT2D eigenvalue weighted by Gasteiger charge is 2.29. The molecule has 0 amide bonds. The summed E-state index contributed by atoms with van der Waals surface area (Å²) < 4.78 is 0. The molecule has 0 bridgehead atoms. The lowest BCUT2D eigenvalue weighted by atomic mass is 9.70. The average molecular weight is 198 g/mol. The largest absolute Gasteiger partial charge is 0.0831 e. The summed E-state index contributed by atoms with van der Waals surface area (Å²) in [6.45, 7) is 6.79. The molecular formula is C15H18. The predicted molar refractivity (Wildman–Crippen MR) is 65.9 cm³/mol. The van der Waals surface area contributed by atoms with E-state index in [4.69, 9.17) is 0 Å². The van der Waals surface area contributed by atoms with Crippen LogP contribution in [-0.2, 0) is 5.41 Å². The Labute approximate surface area is 92.3 Å². The maximum Gasteiger partial charge on any atom is 0.0171 e. The Bertz CT molecular complexity index is 409. The van der Waals surface area contributed by atoms with E-state index in [1.54, 1.807) is 0 Å². The Kier molecular flexibility index (Phi) is 2.52. The number of hydrogen-bond donors (Lipinski definition) is 0. The van der Waals surface area contributed by atoms with Crippen LogP contribution >= 0.6 is 0 Å². The van der Waals surface area contributed by atoms with E-state index in [-0.39, 0.29) is 5.41 Å². The third-order valence-electron chi connectivity index (χ3n) is 3.72. The van der Waals surface area contributed by atoms with E-state index in [0.717, 1.165) is 6.42 Å². The van der Waals surface area contributed by atoms with E-state index in [9.17, 15) is 0 Å². The van der Waals surface area contributed by atoms with Gasteiger partial charge in [-0.25, -0.2) is 0 Å². The first-order chi connectivity index (χ1) is 7.14. The van der Waals surface area contributed by atoms with Crippen molar-refractivity contribution in [1.82, 2.24) is 0 Å². The molecule has 1 aromatic rings. The van der Waals surface area contributed by atoms with Crippen molar-refractivity contribution in [1.29, 1.82) is 0 Å². The van der Waals surface area contributed by atoms with E-state index < -0.39 is 0 Å². The van der Waals surface area contributed by atoms with Crippen LogP contribution in [0, 0.1) is 0 Å². The van der Waals surface area contributed by atoms with Crippen molar-refractivity contribution >= 4 is 0 Å². The molecule has 1 aliphatic rings. The Morgan fingerprint density at radius 1 is 1.07 bits per heavy atom. The van der Waals surface area contributed by atoms with E-state index in [1.165, 1.54) is 16.7 Å². The summed E-state index contributed by atoms with van der Waals surface area (Å²) in [5.74, 6) is 0. The van der Waals surface area contributed by atoms with Crippen LogP contribution in [0.1, 0.15) is 32.8 Å². The van der Waals surface area contributed by atoms with E-state index in [2.05, 4.69) is 63.3 Å². The fraction of sp³-hybridized carbons (Fsp3) is 0.333.